The molecule has 7 nitrogen and oxygen atoms in total. The van der Waals surface area contributed by atoms with Gasteiger partial charge in [-0.15, -0.1) is 11.3 Å². The number of piperazine rings is 1. The van der Waals surface area contributed by atoms with Gasteiger partial charge in [0.1, 0.15) is 5.01 Å². The van der Waals surface area contributed by atoms with Gasteiger partial charge in [-0.3, -0.25) is 14.2 Å². The van der Waals surface area contributed by atoms with E-state index >= 15 is 0 Å². The first-order valence-electron chi connectivity index (χ1n) is 13.6. The molecule has 0 saturated carbocycles. The minimum Gasteiger partial charge on any atom is -0.395 e. The lowest BCUT2D eigenvalue weighted by atomic mass is 10.0. The average Bonchev–Trinajstić information content (AvgIpc) is 3.47. The van der Waals surface area contributed by atoms with Crippen molar-refractivity contribution in [2.45, 2.75) is 39.7 Å². The molecule has 3 heterocycles. The van der Waals surface area contributed by atoms with Crippen molar-refractivity contribution in [3.63, 3.8) is 0 Å². The summed E-state index contributed by atoms with van der Waals surface area (Å²) in [7, 11) is 0. The molecule has 1 fully saturated rings. The first-order valence-corrected chi connectivity index (χ1v) is 14.8. The van der Waals surface area contributed by atoms with Gasteiger partial charge in [0.05, 0.1) is 29.1 Å². The van der Waals surface area contributed by atoms with Crippen LogP contribution >= 0.6 is 22.9 Å². The second kappa shape index (κ2) is 12.1. The zero-order valence-corrected chi connectivity index (χ0v) is 24.5. The number of aliphatic hydroxyl groups excluding tert-OH is 1. The summed E-state index contributed by atoms with van der Waals surface area (Å²) in [5.41, 5.74) is 5.83. The van der Waals surface area contributed by atoms with Gasteiger partial charge in [0, 0.05) is 47.3 Å². The van der Waals surface area contributed by atoms with Crippen LogP contribution in [0.5, 0.6) is 0 Å². The third kappa shape index (κ3) is 5.37. The zero-order valence-electron chi connectivity index (χ0n) is 22.9. The smallest absolute Gasteiger partial charge is 0.265 e. The number of thiazole rings is 1. The lowest BCUT2D eigenvalue weighted by Crippen LogP contribution is -2.54. The first-order chi connectivity index (χ1) is 19.4. The Kier molecular flexibility index (Phi) is 8.51. The standard InChI is InChI=1S/C31H33ClN4O3S/c1-4-20-7-6-8-21(5-2)28(20)36-19(3)25(30(38)35-14-13-33-24(16-35)17-37)15-26(31(36)39)29-34-27(18-40-29)22-9-11-23(32)12-10-22/h6-12,15,18,24,33,37H,4-5,13-14,16-17H2,1-3H3. The van der Waals surface area contributed by atoms with Gasteiger partial charge < -0.3 is 15.3 Å². The number of carbonyl (C=O) groups excluding carboxylic acids is 1. The highest BCUT2D eigenvalue weighted by atomic mass is 35.5. The van der Waals surface area contributed by atoms with Gasteiger partial charge in [-0.2, -0.15) is 0 Å². The quantitative estimate of drug-likeness (QED) is 0.319. The Hall–Kier alpha value is -3.30. The molecule has 1 atom stereocenters. The second-order valence-electron chi connectivity index (χ2n) is 9.96. The van der Waals surface area contributed by atoms with E-state index in [1.165, 1.54) is 11.3 Å². The van der Waals surface area contributed by atoms with E-state index in [2.05, 4.69) is 19.2 Å². The minimum atomic E-state index is -0.199. The van der Waals surface area contributed by atoms with Gasteiger partial charge in [0.15, 0.2) is 0 Å². The molecule has 40 heavy (non-hydrogen) atoms. The lowest BCUT2D eigenvalue weighted by Gasteiger charge is -2.33. The molecule has 1 amide bonds. The number of aliphatic hydroxyl groups is 1. The van der Waals surface area contributed by atoms with Crippen molar-refractivity contribution in [2.24, 2.45) is 0 Å². The molecule has 2 aromatic carbocycles. The molecule has 1 unspecified atom stereocenters. The summed E-state index contributed by atoms with van der Waals surface area (Å²) in [5, 5.41) is 16.1. The molecular weight excluding hydrogens is 544 g/mol. The van der Waals surface area contributed by atoms with Crippen LogP contribution in [0.2, 0.25) is 5.02 Å². The summed E-state index contributed by atoms with van der Waals surface area (Å²) >= 11 is 7.45. The number of aromatic nitrogens is 2. The Bertz CT molecular complexity index is 1570. The summed E-state index contributed by atoms with van der Waals surface area (Å²) in [6, 6.07) is 15.0. The van der Waals surface area contributed by atoms with Gasteiger partial charge in [-0.1, -0.05) is 55.8 Å². The van der Waals surface area contributed by atoms with E-state index in [4.69, 9.17) is 16.6 Å². The highest BCUT2D eigenvalue weighted by molar-refractivity contribution is 7.13. The highest BCUT2D eigenvalue weighted by Crippen LogP contribution is 2.31. The molecule has 9 heteroatoms. The largest absolute Gasteiger partial charge is 0.395 e. The predicted molar refractivity (Wildman–Crippen MR) is 162 cm³/mol. The van der Waals surface area contributed by atoms with Crippen LogP contribution in [-0.4, -0.2) is 57.7 Å². The molecule has 5 rings (SSSR count). The third-order valence-corrected chi connectivity index (χ3v) is 8.63. The van der Waals surface area contributed by atoms with Crippen molar-refractivity contribution in [1.82, 2.24) is 19.8 Å². The number of hydrogen-bond acceptors (Lipinski definition) is 6. The third-order valence-electron chi connectivity index (χ3n) is 7.50. The van der Waals surface area contributed by atoms with Gasteiger partial charge in [-0.05, 0) is 49.1 Å². The first kappa shape index (κ1) is 28.2. The molecule has 0 aliphatic carbocycles. The fourth-order valence-corrected chi connectivity index (χ4v) is 6.26. The van der Waals surface area contributed by atoms with E-state index in [1.54, 1.807) is 15.5 Å². The molecule has 1 aliphatic rings. The SMILES string of the molecule is CCc1cccc(CC)c1-n1c(C)c(C(=O)N2CCNC(CO)C2)cc(-c2nc(-c3ccc(Cl)cc3)cs2)c1=O. The van der Waals surface area contributed by atoms with Crippen LogP contribution in [0.1, 0.15) is 41.0 Å². The molecule has 208 valence electrons. The molecule has 0 radical (unpaired) electrons. The second-order valence-corrected chi connectivity index (χ2v) is 11.3. The minimum absolute atomic E-state index is 0.0518. The summed E-state index contributed by atoms with van der Waals surface area (Å²) in [5.74, 6) is -0.158. The normalized spacial score (nSPS) is 15.4. The molecular formula is C31H33ClN4O3S. The van der Waals surface area contributed by atoms with E-state index in [0.717, 1.165) is 40.9 Å². The molecule has 2 aromatic heterocycles. The maximum Gasteiger partial charge on any atom is 0.265 e. The summed E-state index contributed by atoms with van der Waals surface area (Å²) in [6.07, 6.45) is 1.49. The molecule has 0 bridgehead atoms. The Morgan fingerprint density at radius 3 is 2.50 bits per heavy atom. The number of nitrogens with zero attached hydrogens (tertiary/aromatic N) is 3. The number of rotatable bonds is 7. The van der Waals surface area contributed by atoms with Crippen LogP contribution in [0.4, 0.5) is 0 Å². The van der Waals surface area contributed by atoms with E-state index in [-0.39, 0.29) is 24.1 Å². The van der Waals surface area contributed by atoms with Crippen molar-refractivity contribution in [2.75, 3.05) is 26.2 Å². The van der Waals surface area contributed by atoms with Crippen molar-refractivity contribution < 1.29 is 9.90 Å². The van der Waals surface area contributed by atoms with Crippen molar-refractivity contribution in [3.05, 3.63) is 91.7 Å². The van der Waals surface area contributed by atoms with Crippen LogP contribution in [0.15, 0.2) is 58.7 Å². The van der Waals surface area contributed by atoms with Crippen LogP contribution in [0, 0.1) is 6.92 Å². The van der Waals surface area contributed by atoms with E-state index in [9.17, 15) is 14.7 Å². The van der Waals surface area contributed by atoms with Crippen molar-refractivity contribution in [3.8, 4) is 27.5 Å². The van der Waals surface area contributed by atoms with Crippen LogP contribution in [0.3, 0.4) is 0 Å². The maximum absolute atomic E-state index is 14.3. The Balaban J connectivity index is 1.72. The fourth-order valence-electron chi connectivity index (χ4n) is 5.30. The number of para-hydroxylation sites is 1. The summed E-state index contributed by atoms with van der Waals surface area (Å²) < 4.78 is 1.72. The van der Waals surface area contributed by atoms with Gasteiger partial charge >= 0.3 is 0 Å². The van der Waals surface area contributed by atoms with Crippen LogP contribution in [-0.2, 0) is 12.8 Å². The number of benzene rings is 2. The monoisotopic (exact) mass is 576 g/mol. The van der Waals surface area contributed by atoms with Gasteiger partial charge in [0.2, 0.25) is 0 Å². The van der Waals surface area contributed by atoms with Crippen LogP contribution in [0.25, 0.3) is 27.5 Å². The number of nitrogens with one attached hydrogen (secondary N) is 1. The average molecular weight is 577 g/mol. The zero-order chi connectivity index (χ0) is 28.4. The van der Waals surface area contributed by atoms with Gasteiger partial charge in [0.25, 0.3) is 11.5 Å². The fraction of sp³-hybridized carbons (Fsp3) is 0.323. The Morgan fingerprint density at radius 1 is 1.15 bits per heavy atom. The molecule has 1 aliphatic heterocycles. The Morgan fingerprint density at radius 2 is 1.85 bits per heavy atom. The number of hydrogen-bond donors (Lipinski definition) is 2. The van der Waals surface area contributed by atoms with E-state index in [0.29, 0.717) is 46.5 Å². The molecule has 4 aromatic rings. The summed E-state index contributed by atoms with van der Waals surface area (Å²) in [6.45, 7) is 7.45. The number of pyridine rings is 1. The Labute approximate surface area is 243 Å². The van der Waals surface area contributed by atoms with Gasteiger partial charge in [-0.25, -0.2) is 4.98 Å². The van der Waals surface area contributed by atoms with E-state index in [1.807, 2.05) is 54.8 Å². The lowest BCUT2D eigenvalue weighted by molar-refractivity contribution is 0.0670. The van der Waals surface area contributed by atoms with Crippen molar-refractivity contribution in [1.29, 1.82) is 0 Å². The van der Waals surface area contributed by atoms with E-state index < -0.39 is 0 Å². The van der Waals surface area contributed by atoms with Crippen LogP contribution < -0.4 is 10.9 Å². The summed E-state index contributed by atoms with van der Waals surface area (Å²) in [4.78, 5) is 34.9. The number of halogens is 1. The maximum atomic E-state index is 14.3. The highest BCUT2D eigenvalue weighted by Gasteiger charge is 2.28. The number of amides is 1. The molecule has 2 N–H and O–H groups in total. The topological polar surface area (TPSA) is 87.5 Å². The number of aryl methyl sites for hydroxylation is 2. The molecule has 1 saturated heterocycles. The van der Waals surface area contributed by atoms with Crippen molar-refractivity contribution >= 4 is 28.8 Å². The number of carbonyl (C=O) groups is 1. The molecule has 0 spiro atoms. The predicted octanol–water partition coefficient (Wildman–Crippen LogP) is 5.12.